The summed E-state index contributed by atoms with van der Waals surface area (Å²) < 4.78 is 0. The van der Waals surface area contributed by atoms with E-state index in [4.69, 9.17) is 0 Å². The number of aryl methyl sites for hydroxylation is 2. The highest BCUT2D eigenvalue weighted by Gasteiger charge is 1.72. The molecule has 0 aliphatic rings. The maximum atomic E-state index is 2.08. The van der Waals surface area contributed by atoms with E-state index in [0.717, 1.165) is 0 Å². The Labute approximate surface area is 114 Å². The maximum Gasteiger partial charge on any atom is 0.102 e. The van der Waals surface area contributed by atoms with Gasteiger partial charge in [0.1, 0.15) is 7.28 Å². The molecule has 1 radical (unpaired) electrons. The fourth-order valence-electron chi connectivity index (χ4n) is 1.07. The summed E-state index contributed by atoms with van der Waals surface area (Å²) in [5, 5.41) is 0. The molecule has 18 heavy (non-hydrogen) atoms. The van der Waals surface area contributed by atoms with Crippen LogP contribution >= 0.6 is 0 Å². The summed E-state index contributed by atoms with van der Waals surface area (Å²) in [5.74, 6) is 0. The highest BCUT2D eigenvalue weighted by Crippen LogP contribution is 1.92. The summed E-state index contributed by atoms with van der Waals surface area (Å²) in [6.07, 6.45) is 0. The highest BCUT2D eigenvalue weighted by atomic mass is 13.8. The molecule has 2 aromatic carbocycles. The number of hydrogen-bond acceptors (Lipinski definition) is 0. The molecule has 97 valence electrons. The lowest BCUT2D eigenvalue weighted by atomic mass is 9.88. The molecule has 0 unspecified atom stereocenters. The number of hydrogen-bond donors (Lipinski definition) is 0. The van der Waals surface area contributed by atoms with Crippen molar-refractivity contribution in [2.24, 2.45) is 0 Å². The molecule has 0 N–H and O–H groups in total. The zero-order chi connectivity index (χ0) is 12.9. The molecular weight excluding hydrogens is 215 g/mol. The maximum absolute atomic E-state index is 2.08. The van der Waals surface area contributed by atoms with Crippen LogP contribution in [-0.2, 0) is 0 Å². The summed E-state index contributed by atoms with van der Waals surface area (Å²) in [6, 6.07) is 20.5. The molecule has 0 heterocycles. The summed E-state index contributed by atoms with van der Waals surface area (Å²) in [7, 11) is 2.00. The van der Waals surface area contributed by atoms with Crippen molar-refractivity contribution in [3.63, 3.8) is 0 Å². The van der Waals surface area contributed by atoms with E-state index in [1.54, 1.807) is 0 Å². The quantitative estimate of drug-likeness (QED) is 0.541. The Morgan fingerprint density at radius 3 is 0.944 bits per heavy atom. The van der Waals surface area contributed by atoms with E-state index in [0.29, 0.717) is 0 Å². The van der Waals surface area contributed by atoms with Gasteiger partial charge in [0.2, 0.25) is 0 Å². The molecule has 0 nitrogen and oxygen atoms in total. The lowest BCUT2D eigenvalue weighted by Crippen LogP contribution is -1.62. The van der Waals surface area contributed by atoms with Crippen molar-refractivity contribution in [2.45, 2.75) is 34.9 Å². The molecule has 0 atom stereocenters. The van der Waals surface area contributed by atoms with E-state index in [9.17, 15) is 0 Å². The van der Waals surface area contributed by atoms with Crippen molar-refractivity contribution in [2.75, 3.05) is 0 Å². The van der Waals surface area contributed by atoms with Crippen molar-refractivity contribution >= 4 is 7.28 Å². The number of benzene rings is 2. The lowest BCUT2D eigenvalue weighted by molar-refractivity contribution is 1.48. The molecule has 0 fully saturated rings. The Hall–Kier alpha value is -1.50. The van der Waals surface area contributed by atoms with Crippen LogP contribution in [0.4, 0.5) is 0 Å². The van der Waals surface area contributed by atoms with Gasteiger partial charge in [0.05, 0.1) is 0 Å². The predicted molar refractivity (Wildman–Crippen MR) is 86.6 cm³/mol. The third kappa shape index (κ3) is 12.6. The summed E-state index contributed by atoms with van der Waals surface area (Å²) >= 11 is 0. The first-order valence-electron chi connectivity index (χ1n) is 5.98. The van der Waals surface area contributed by atoms with Crippen LogP contribution in [0.1, 0.15) is 18.6 Å². The summed E-state index contributed by atoms with van der Waals surface area (Å²) in [4.78, 5) is 0. The summed E-state index contributed by atoms with van der Waals surface area (Å²) in [6.45, 7) is 8.17. The smallest absolute Gasteiger partial charge is 0.0922 e. The van der Waals surface area contributed by atoms with Crippen LogP contribution < -0.4 is 0 Å². The van der Waals surface area contributed by atoms with Gasteiger partial charge in [-0.15, -0.1) is 0 Å². The van der Waals surface area contributed by atoms with Crippen LogP contribution in [0.2, 0.25) is 13.6 Å². The van der Waals surface area contributed by atoms with Gasteiger partial charge < -0.3 is 0 Å². The zero-order valence-electron chi connectivity index (χ0n) is 11.4. The largest absolute Gasteiger partial charge is 0.102 e. The van der Waals surface area contributed by atoms with Gasteiger partial charge in [0, 0.05) is 0 Å². The van der Waals surface area contributed by atoms with Gasteiger partial charge in [0.25, 0.3) is 0 Å². The van der Waals surface area contributed by atoms with Gasteiger partial charge in [-0.25, -0.2) is 0 Å². The molecular formula is C17H26B. The van der Waals surface area contributed by atoms with Gasteiger partial charge in [0.15, 0.2) is 0 Å². The second-order valence-corrected chi connectivity index (χ2v) is 3.89. The normalized spacial score (nSPS) is 7.56. The van der Waals surface area contributed by atoms with E-state index in [2.05, 4.69) is 38.1 Å². The molecule has 0 amide bonds. The highest BCUT2D eigenvalue weighted by molar-refractivity contribution is 6.31. The fourth-order valence-corrected chi connectivity index (χ4v) is 1.07. The Bertz CT molecular complexity index is 316. The Morgan fingerprint density at radius 1 is 0.611 bits per heavy atom. The van der Waals surface area contributed by atoms with E-state index in [-0.39, 0.29) is 7.43 Å². The van der Waals surface area contributed by atoms with Crippen molar-refractivity contribution in [1.82, 2.24) is 0 Å². The molecule has 0 bridgehead atoms. The van der Waals surface area contributed by atoms with Crippen LogP contribution in [0.5, 0.6) is 0 Å². The topological polar surface area (TPSA) is 0 Å². The minimum Gasteiger partial charge on any atom is -0.0922 e. The first kappa shape index (κ1) is 18.9. The first-order chi connectivity index (χ1) is 8.20. The first-order valence-corrected chi connectivity index (χ1v) is 5.98. The van der Waals surface area contributed by atoms with Gasteiger partial charge >= 0.3 is 0 Å². The van der Waals surface area contributed by atoms with E-state index in [1.807, 2.05) is 57.3 Å². The van der Waals surface area contributed by atoms with E-state index < -0.39 is 0 Å². The van der Waals surface area contributed by atoms with Gasteiger partial charge in [-0.2, -0.15) is 0 Å². The van der Waals surface area contributed by atoms with E-state index >= 15 is 0 Å². The molecule has 2 aromatic rings. The molecule has 0 aliphatic carbocycles. The lowest BCUT2D eigenvalue weighted by Gasteiger charge is -1.82. The average Bonchev–Trinajstić information content (AvgIpc) is 2.33. The fraction of sp³-hybridized carbons (Fsp3) is 0.294. The van der Waals surface area contributed by atoms with Gasteiger partial charge in [-0.05, 0) is 13.8 Å². The van der Waals surface area contributed by atoms with Crippen LogP contribution in [-0.4, -0.2) is 7.28 Å². The monoisotopic (exact) mass is 241 g/mol. The predicted octanol–water partition coefficient (Wildman–Crippen LogP) is 5.41. The second kappa shape index (κ2) is 13.6. The molecule has 0 saturated carbocycles. The SMILES string of the molecule is C.C[B]C.Cc1ccccc1.Cc1ccccc1. The Balaban J connectivity index is 0. The van der Waals surface area contributed by atoms with Crippen molar-refractivity contribution in [1.29, 1.82) is 0 Å². The molecule has 2 rings (SSSR count). The average molecular weight is 241 g/mol. The van der Waals surface area contributed by atoms with Gasteiger partial charge in [-0.1, -0.05) is 92.9 Å². The molecule has 0 aliphatic heterocycles. The van der Waals surface area contributed by atoms with Crippen molar-refractivity contribution < 1.29 is 0 Å². The zero-order valence-corrected chi connectivity index (χ0v) is 11.4. The Morgan fingerprint density at radius 2 is 0.833 bits per heavy atom. The second-order valence-electron chi connectivity index (χ2n) is 3.89. The molecule has 1 heteroatoms. The third-order valence-corrected chi connectivity index (χ3v) is 1.88. The van der Waals surface area contributed by atoms with Crippen LogP contribution in [0, 0.1) is 13.8 Å². The van der Waals surface area contributed by atoms with Crippen LogP contribution in [0.15, 0.2) is 60.7 Å². The number of rotatable bonds is 0. The minimum atomic E-state index is 0. The molecule has 0 spiro atoms. The Kier molecular flexibility index (Phi) is 14.2. The van der Waals surface area contributed by atoms with Crippen molar-refractivity contribution in [3.05, 3.63) is 71.8 Å². The molecule has 0 saturated heterocycles. The minimum absolute atomic E-state index is 0. The van der Waals surface area contributed by atoms with E-state index in [1.165, 1.54) is 11.1 Å². The van der Waals surface area contributed by atoms with Crippen LogP contribution in [0.25, 0.3) is 0 Å². The molecule has 0 aromatic heterocycles. The standard InChI is InChI=1S/2C7H8.C2H6B.CH4/c2*1-7-5-3-2-4-6-7;1-3-2;/h2*2-6H,1H3;1-2H3;1H4. The summed E-state index contributed by atoms with van der Waals surface area (Å²) in [5.41, 5.74) is 2.64. The van der Waals surface area contributed by atoms with Gasteiger partial charge in [-0.3, -0.25) is 0 Å². The third-order valence-electron chi connectivity index (χ3n) is 1.88. The van der Waals surface area contributed by atoms with Crippen molar-refractivity contribution in [3.8, 4) is 0 Å². The van der Waals surface area contributed by atoms with Crippen LogP contribution in [0.3, 0.4) is 0 Å².